The Balaban J connectivity index is 1.56. The van der Waals surface area contributed by atoms with Crippen LogP contribution in [0.15, 0.2) is 29.2 Å². The normalized spacial score (nSPS) is 23.2. The Bertz CT molecular complexity index is 896. The highest BCUT2D eigenvalue weighted by Crippen LogP contribution is 2.39. The molecule has 1 aliphatic carbocycles. The maximum Gasteiger partial charge on any atom is 0.269 e. The molecular weight excluding hydrogens is 418 g/mol. The summed E-state index contributed by atoms with van der Waals surface area (Å²) in [6.07, 6.45) is 3.60. The van der Waals surface area contributed by atoms with Crippen LogP contribution in [0.4, 0.5) is 0 Å². The highest BCUT2D eigenvalue weighted by atomic mass is 32.2. The first-order valence-electron chi connectivity index (χ1n) is 10.9. The van der Waals surface area contributed by atoms with Crippen LogP contribution in [0.3, 0.4) is 0 Å². The van der Waals surface area contributed by atoms with Crippen LogP contribution in [-0.4, -0.2) is 50.8 Å². The third-order valence-corrected chi connectivity index (χ3v) is 8.22. The molecule has 0 aromatic heterocycles. The second-order valence-electron chi connectivity index (χ2n) is 9.40. The molecule has 1 saturated heterocycles. The number of carbonyl (C=O) groups excluding carboxylic acids is 2. The fourth-order valence-electron chi connectivity index (χ4n) is 4.25. The van der Waals surface area contributed by atoms with Crippen LogP contribution in [0.25, 0.3) is 0 Å². The molecule has 2 N–H and O–H groups in total. The lowest BCUT2D eigenvalue weighted by molar-refractivity contribution is -0.127. The fraction of sp³-hybridized carbons (Fsp3) is 0.636. The van der Waals surface area contributed by atoms with Gasteiger partial charge in [0.15, 0.2) is 0 Å². The minimum absolute atomic E-state index is 0.0499. The Kier molecular flexibility index (Phi) is 7.39. The van der Waals surface area contributed by atoms with Crippen LogP contribution < -0.4 is 10.9 Å². The van der Waals surface area contributed by atoms with E-state index in [1.165, 1.54) is 28.6 Å². The number of hydrogen-bond acceptors (Lipinski definition) is 5. The van der Waals surface area contributed by atoms with Crippen molar-refractivity contribution in [1.29, 1.82) is 0 Å². The zero-order valence-corrected chi connectivity index (χ0v) is 19.3. The van der Waals surface area contributed by atoms with E-state index in [0.29, 0.717) is 19.1 Å². The van der Waals surface area contributed by atoms with Gasteiger partial charge >= 0.3 is 0 Å². The van der Waals surface area contributed by atoms with Gasteiger partial charge in [0.05, 0.1) is 18.1 Å². The predicted octanol–water partition coefficient (Wildman–Crippen LogP) is 2.32. The van der Waals surface area contributed by atoms with Crippen molar-refractivity contribution in [2.75, 3.05) is 26.3 Å². The Morgan fingerprint density at radius 1 is 1.03 bits per heavy atom. The molecule has 0 spiro atoms. The molecule has 2 aliphatic rings. The number of benzene rings is 1. The van der Waals surface area contributed by atoms with Crippen molar-refractivity contribution in [2.24, 2.45) is 17.3 Å². The molecule has 3 rings (SSSR count). The van der Waals surface area contributed by atoms with E-state index < -0.39 is 15.9 Å². The molecule has 2 fully saturated rings. The summed E-state index contributed by atoms with van der Waals surface area (Å²) in [4.78, 5) is 25.0. The molecule has 9 heteroatoms. The van der Waals surface area contributed by atoms with Crippen molar-refractivity contribution in [3.05, 3.63) is 29.8 Å². The van der Waals surface area contributed by atoms with Crippen molar-refractivity contribution in [3.8, 4) is 0 Å². The number of sulfonamides is 1. The van der Waals surface area contributed by atoms with Gasteiger partial charge in [-0.05, 0) is 55.2 Å². The first kappa shape index (κ1) is 23.7. The highest BCUT2D eigenvalue weighted by molar-refractivity contribution is 7.89. The van der Waals surface area contributed by atoms with E-state index >= 15 is 0 Å². The number of rotatable bonds is 4. The molecule has 2 amide bonds. The average molecular weight is 452 g/mol. The summed E-state index contributed by atoms with van der Waals surface area (Å²) in [6.45, 7) is 7.95. The lowest BCUT2D eigenvalue weighted by atomic mass is 9.70. The van der Waals surface area contributed by atoms with Gasteiger partial charge in [0, 0.05) is 24.6 Å². The van der Waals surface area contributed by atoms with E-state index in [-0.39, 0.29) is 40.8 Å². The second kappa shape index (κ2) is 9.67. The van der Waals surface area contributed by atoms with Crippen molar-refractivity contribution < 1.29 is 22.7 Å². The summed E-state index contributed by atoms with van der Waals surface area (Å²) in [5, 5.41) is 0. The van der Waals surface area contributed by atoms with Gasteiger partial charge in [-0.2, -0.15) is 4.31 Å². The summed E-state index contributed by atoms with van der Waals surface area (Å²) in [5.74, 6) is -0.261. The molecule has 0 radical (unpaired) electrons. The number of carbonyl (C=O) groups is 2. The first-order valence-corrected chi connectivity index (χ1v) is 12.3. The largest absolute Gasteiger partial charge is 0.379 e. The minimum Gasteiger partial charge on any atom is -0.379 e. The molecule has 1 saturated carbocycles. The van der Waals surface area contributed by atoms with Crippen LogP contribution >= 0.6 is 0 Å². The standard InChI is InChI=1S/C22H33N3O5S/c1-22(2,3)18-9-7-16(8-10-18)20(26)23-24-21(27)17-5-4-6-19(15-17)31(28,29)25-11-13-30-14-12-25/h4-6,15-16,18H,7-14H2,1-3H3,(H,23,26)(H,24,27). The number of morpholine rings is 1. The Morgan fingerprint density at radius 2 is 1.68 bits per heavy atom. The maximum atomic E-state index is 12.8. The average Bonchev–Trinajstić information content (AvgIpc) is 2.77. The molecule has 31 heavy (non-hydrogen) atoms. The molecular formula is C22H33N3O5S. The van der Waals surface area contributed by atoms with Gasteiger partial charge < -0.3 is 4.74 Å². The summed E-state index contributed by atoms with van der Waals surface area (Å²) in [6, 6.07) is 5.85. The highest BCUT2D eigenvalue weighted by Gasteiger charge is 2.32. The van der Waals surface area contributed by atoms with E-state index in [1.54, 1.807) is 0 Å². The molecule has 1 aromatic carbocycles. The topological polar surface area (TPSA) is 105 Å². The van der Waals surface area contributed by atoms with Crippen LogP contribution in [0.2, 0.25) is 0 Å². The number of amides is 2. The van der Waals surface area contributed by atoms with Gasteiger partial charge in [-0.25, -0.2) is 8.42 Å². The number of ether oxygens (including phenoxy) is 1. The van der Waals surface area contributed by atoms with Gasteiger partial charge in [-0.3, -0.25) is 20.4 Å². The quantitative estimate of drug-likeness (QED) is 0.684. The monoisotopic (exact) mass is 451 g/mol. The lowest BCUT2D eigenvalue weighted by Gasteiger charge is -2.36. The molecule has 1 aromatic rings. The van der Waals surface area contributed by atoms with Crippen LogP contribution in [0, 0.1) is 17.3 Å². The van der Waals surface area contributed by atoms with Gasteiger partial charge in [0.25, 0.3) is 5.91 Å². The van der Waals surface area contributed by atoms with Gasteiger partial charge in [-0.15, -0.1) is 0 Å². The van der Waals surface area contributed by atoms with Crippen LogP contribution in [-0.2, 0) is 19.6 Å². The summed E-state index contributed by atoms with van der Waals surface area (Å²) >= 11 is 0. The molecule has 8 nitrogen and oxygen atoms in total. The molecule has 1 heterocycles. The van der Waals surface area contributed by atoms with Crippen LogP contribution in [0.1, 0.15) is 56.8 Å². The molecule has 0 bridgehead atoms. The second-order valence-corrected chi connectivity index (χ2v) is 11.3. The number of nitrogens with one attached hydrogen (secondary N) is 2. The predicted molar refractivity (Wildman–Crippen MR) is 117 cm³/mol. The van der Waals surface area contributed by atoms with Crippen molar-refractivity contribution in [3.63, 3.8) is 0 Å². The SMILES string of the molecule is CC(C)(C)C1CCC(C(=O)NNC(=O)c2cccc(S(=O)(=O)N3CCOCC3)c2)CC1. The molecule has 1 aliphatic heterocycles. The lowest BCUT2D eigenvalue weighted by Crippen LogP contribution is -2.45. The van der Waals surface area contributed by atoms with Gasteiger partial charge in [0.2, 0.25) is 15.9 Å². The molecule has 0 atom stereocenters. The van der Waals surface area contributed by atoms with E-state index in [0.717, 1.165) is 25.7 Å². The minimum atomic E-state index is -3.70. The first-order chi connectivity index (χ1) is 14.6. The molecule has 0 unspecified atom stereocenters. The third-order valence-electron chi connectivity index (χ3n) is 6.33. The van der Waals surface area contributed by atoms with E-state index in [9.17, 15) is 18.0 Å². The van der Waals surface area contributed by atoms with Crippen molar-refractivity contribution in [1.82, 2.24) is 15.2 Å². The van der Waals surface area contributed by atoms with E-state index in [1.807, 2.05) is 0 Å². The zero-order chi connectivity index (χ0) is 22.6. The Hall–Kier alpha value is -1.97. The van der Waals surface area contributed by atoms with E-state index in [2.05, 4.69) is 31.6 Å². The Morgan fingerprint density at radius 3 is 2.29 bits per heavy atom. The summed E-state index contributed by atoms with van der Waals surface area (Å²) in [5.41, 5.74) is 5.35. The summed E-state index contributed by atoms with van der Waals surface area (Å²) < 4.78 is 32.2. The third kappa shape index (κ3) is 5.84. The number of nitrogens with zero attached hydrogens (tertiary/aromatic N) is 1. The Labute approximate surface area is 184 Å². The fourth-order valence-corrected chi connectivity index (χ4v) is 5.70. The van der Waals surface area contributed by atoms with Crippen LogP contribution in [0.5, 0.6) is 0 Å². The van der Waals surface area contributed by atoms with Crippen molar-refractivity contribution >= 4 is 21.8 Å². The van der Waals surface area contributed by atoms with E-state index in [4.69, 9.17) is 4.74 Å². The van der Waals surface area contributed by atoms with Gasteiger partial charge in [-0.1, -0.05) is 26.8 Å². The number of hydrogen-bond donors (Lipinski definition) is 2. The summed E-state index contributed by atoms with van der Waals surface area (Å²) in [7, 11) is -3.70. The van der Waals surface area contributed by atoms with Gasteiger partial charge in [0.1, 0.15) is 0 Å². The smallest absolute Gasteiger partial charge is 0.269 e. The zero-order valence-electron chi connectivity index (χ0n) is 18.5. The number of hydrazine groups is 1. The van der Waals surface area contributed by atoms with Crippen molar-refractivity contribution in [2.45, 2.75) is 51.3 Å². The molecule has 172 valence electrons. The maximum absolute atomic E-state index is 12.8.